The first-order valence-electron chi connectivity index (χ1n) is 11.0. The maximum absolute atomic E-state index is 10.6. The van der Waals surface area contributed by atoms with Crippen molar-refractivity contribution in [1.29, 1.82) is 0 Å². The summed E-state index contributed by atoms with van der Waals surface area (Å²) in [4.78, 5) is 24.9. The summed E-state index contributed by atoms with van der Waals surface area (Å²) in [5, 5.41) is 25.7. The smallest absolute Gasteiger partial charge is 0.475 e. The lowest BCUT2D eigenvalue weighted by Crippen LogP contribution is -2.33. The maximum Gasteiger partial charge on any atom is 0.490 e. The van der Waals surface area contributed by atoms with Crippen molar-refractivity contribution < 1.29 is 50.6 Å². The third-order valence-corrected chi connectivity index (χ3v) is 4.84. The number of rotatable bonds is 5. The van der Waals surface area contributed by atoms with E-state index in [2.05, 4.69) is 31.2 Å². The molecule has 39 heavy (non-hydrogen) atoms. The SMILES string of the molecule is Cc1ccc(NCc2cn3c(n2)CN(Cc2ccc(C)o2)CC3)nn1.O=C(O)C(F)(F)F.O=C(O)C(F)(F)F. The van der Waals surface area contributed by atoms with Crippen molar-refractivity contribution in [3.63, 3.8) is 0 Å². The lowest BCUT2D eigenvalue weighted by molar-refractivity contribution is -0.193. The van der Waals surface area contributed by atoms with E-state index in [-0.39, 0.29) is 0 Å². The molecule has 0 unspecified atom stereocenters. The Morgan fingerprint density at radius 2 is 1.59 bits per heavy atom. The van der Waals surface area contributed by atoms with Crippen LogP contribution in [0.2, 0.25) is 0 Å². The average molecular weight is 566 g/mol. The quantitative estimate of drug-likeness (QED) is 0.390. The van der Waals surface area contributed by atoms with Crippen molar-refractivity contribution in [3.8, 4) is 0 Å². The zero-order chi connectivity index (χ0) is 29.4. The first-order chi connectivity index (χ1) is 18.0. The van der Waals surface area contributed by atoms with Crippen LogP contribution < -0.4 is 5.32 Å². The normalized spacial score (nSPS) is 13.3. The number of aryl methyl sites for hydroxylation is 2. The molecule has 3 aromatic heterocycles. The van der Waals surface area contributed by atoms with E-state index in [1.807, 2.05) is 38.1 Å². The van der Waals surface area contributed by atoms with Crippen molar-refractivity contribution >= 4 is 17.8 Å². The molecule has 0 atom stereocenters. The standard InChI is InChI=1S/C18H22N6O.2C2HF3O2/c1-13-3-6-17(22-21-13)19-9-15-10-24-8-7-23(12-18(24)20-15)11-16-5-4-14(2)25-16;2*3-2(4,5)1(6)7/h3-6,10H,7-9,11-12H2,1-2H3,(H,19,22);2*(H,6,7). The van der Waals surface area contributed by atoms with Gasteiger partial charge in [-0.3, -0.25) is 4.90 Å². The number of hydrogen-bond donors (Lipinski definition) is 3. The number of aromatic nitrogens is 4. The number of nitrogens with zero attached hydrogens (tertiary/aromatic N) is 5. The highest BCUT2D eigenvalue weighted by Crippen LogP contribution is 2.18. The Bertz CT molecular complexity index is 1220. The Balaban J connectivity index is 0.000000317. The predicted octanol–water partition coefficient (Wildman–Crippen LogP) is 3.78. The van der Waals surface area contributed by atoms with Gasteiger partial charge in [0.05, 0.1) is 31.0 Å². The van der Waals surface area contributed by atoms with Gasteiger partial charge in [0, 0.05) is 19.3 Å². The van der Waals surface area contributed by atoms with Gasteiger partial charge >= 0.3 is 24.3 Å². The summed E-state index contributed by atoms with van der Waals surface area (Å²) in [5.41, 5.74) is 1.93. The van der Waals surface area contributed by atoms with E-state index in [0.29, 0.717) is 6.54 Å². The molecule has 0 spiro atoms. The second-order valence-electron chi connectivity index (χ2n) is 8.08. The van der Waals surface area contributed by atoms with Crippen LogP contribution in [0.25, 0.3) is 0 Å². The van der Waals surface area contributed by atoms with E-state index < -0.39 is 24.3 Å². The number of anilines is 1. The van der Waals surface area contributed by atoms with Crippen LogP contribution in [0.4, 0.5) is 32.2 Å². The van der Waals surface area contributed by atoms with Gasteiger partial charge in [-0.2, -0.15) is 31.4 Å². The molecule has 1 aliphatic rings. The second kappa shape index (κ2) is 13.1. The van der Waals surface area contributed by atoms with Gasteiger partial charge in [0.15, 0.2) is 0 Å². The molecule has 0 bridgehead atoms. The van der Waals surface area contributed by atoms with E-state index in [4.69, 9.17) is 29.2 Å². The largest absolute Gasteiger partial charge is 0.490 e. The topological polar surface area (TPSA) is 147 Å². The van der Waals surface area contributed by atoms with Crippen molar-refractivity contribution in [3.05, 3.63) is 59.2 Å². The highest BCUT2D eigenvalue weighted by Gasteiger charge is 2.38. The predicted molar refractivity (Wildman–Crippen MR) is 121 cm³/mol. The number of carbonyl (C=O) groups is 2. The highest BCUT2D eigenvalue weighted by molar-refractivity contribution is 5.73. The van der Waals surface area contributed by atoms with Gasteiger partial charge in [0.1, 0.15) is 23.2 Å². The van der Waals surface area contributed by atoms with Crippen LogP contribution in [-0.4, -0.2) is 65.7 Å². The van der Waals surface area contributed by atoms with Gasteiger partial charge in [-0.1, -0.05) is 0 Å². The number of aliphatic carboxylic acids is 2. The van der Waals surface area contributed by atoms with Crippen LogP contribution in [0.5, 0.6) is 0 Å². The van der Waals surface area contributed by atoms with Gasteiger partial charge < -0.3 is 24.5 Å². The molecule has 0 aliphatic carbocycles. The first-order valence-corrected chi connectivity index (χ1v) is 11.0. The molecule has 4 heterocycles. The van der Waals surface area contributed by atoms with Crippen LogP contribution in [0.1, 0.15) is 28.7 Å². The molecule has 0 saturated heterocycles. The third kappa shape index (κ3) is 10.6. The zero-order valence-corrected chi connectivity index (χ0v) is 20.5. The summed E-state index contributed by atoms with van der Waals surface area (Å²) in [6.07, 6.45) is -8.04. The molecule has 1 aliphatic heterocycles. The van der Waals surface area contributed by atoms with Crippen molar-refractivity contribution in [1.82, 2.24) is 24.6 Å². The summed E-state index contributed by atoms with van der Waals surface area (Å²) in [6, 6.07) is 7.94. The van der Waals surface area contributed by atoms with Gasteiger partial charge in [0.25, 0.3) is 0 Å². The molecule has 3 N–H and O–H groups in total. The monoisotopic (exact) mass is 566 g/mol. The minimum atomic E-state index is -5.08. The van der Waals surface area contributed by atoms with Gasteiger partial charge in [-0.25, -0.2) is 14.6 Å². The van der Waals surface area contributed by atoms with Gasteiger partial charge in [-0.15, -0.1) is 5.10 Å². The first kappa shape index (κ1) is 31.1. The number of nitrogens with one attached hydrogen (secondary N) is 1. The fraction of sp³-hybridized carbons (Fsp3) is 0.409. The summed E-state index contributed by atoms with van der Waals surface area (Å²) in [5.74, 6) is -1.67. The number of halogens is 6. The number of fused-ring (bicyclic) bond motifs is 1. The molecule has 0 radical (unpaired) electrons. The second-order valence-corrected chi connectivity index (χ2v) is 8.08. The molecule has 0 fully saturated rings. The van der Waals surface area contributed by atoms with E-state index in [0.717, 1.165) is 60.7 Å². The Labute approximate surface area is 217 Å². The number of carboxylic acid groups (broad SMARTS) is 2. The van der Waals surface area contributed by atoms with Gasteiger partial charge in [0.2, 0.25) is 0 Å². The van der Waals surface area contributed by atoms with E-state index in [1.54, 1.807) is 0 Å². The molecule has 0 saturated carbocycles. The van der Waals surface area contributed by atoms with Gasteiger partial charge in [-0.05, 0) is 38.1 Å². The van der Waals surface area contributed by atoms with E-state index in [1.165, 1.54) is 0 Å². The molecule has 214 valence electrons. The molecule has 0 amide bonds. The fourth-order valence-electron chi connectivity index (χ4n) is 3.05. The highest BCUT2D eigenvalue weighted by atomic mass is 19.4. The fourth-order valence-corrected chi connectivity index (χ4v) is 3.05. The lowest BCUT2D eigenvalue weighted by Gasteiger charge is -2.26. The maximum atomic E-state index is 10.6. The van der Waals surface area contributed by atoms with Crippen molar-refractivity contribution in [2.24, 2.45) is 0 Å². The van der Waals surface area contributed by atoms with Crippen molar-refractivity contribution in [2.75, 3.05) is 11.9 Å². The number of furan rings is 1. The number of hydrogen-bond acceptors (Lipinski definition) is 8. The summed E-state index contributed by atoms with van der Waals surface area (Å²) < 4.78 is 71.4. The van der Waals surface area contributed by atoms with Crippen LogP contribution >= 0.6 is 0 Å². The minimum absolute atomic E-state index is 0.648. The van der Waals surface area contributed by atoms with Crippen LogP contribution in [-0.2, 0) is 35.8 Å². The van der Waals surface area contributed by atoms with Crippen LogP contribution in [0.15, 0.2) is 34.9 Å². The molecule has 11 nitrogen and oxygen atoms in total. The molecule has 3 aromatic rings. The van der Waals surface area contributed by atoms with Crippen molar-refractivity contribution in [2.45, 2.75) is 52.4 Å². The molecule has 17 heteroatoms. The Kier molecular flexibility index (Phi) is 10.4. The molecular weight excluding hydrogens is 542 g/mol. The minimum Gasteiger partial charge on any atom is -0.475 e. The molecule has 0 aromatic carbocycles. The number of imidazole rings is 1. The van der Waals surface area contributed by atoms with E-state index >= 15 is 0 Å². The summed E-state index contributed by atoms with van der Waals surface area (Å²) in [6.45, 7) is 8.17. The summed E-state index contributed by atoms with van der Waals surface area (Å²) >= 11 is 0. The third-order valence-electron chi connectivity index (χ3n) is 4.84. The molecular formula is C22H24F6N6O5. The Morgan fingerprint density at radius 1 is 0.974 bits per heavy atom. The molecule has 4 rings (SSSR count). The Morgan fingerprint density at radius 3 is 2.08 bits per heavy atom. The van der Waals surface area contributed by atoms with Crippen LogP contribution in [0, 0.1) is 13.8 Å². The lowest BCUT2D eigenvalue weighted by atomic mass is 10.3. The van der Waals surface area contributed by atoms with E-state index in [9.17, 15) is 26.3 Å². The zero-order valence-electron chi connectivity index (χ0n) is 20.5. The average Bonchev–Trinajstić information content (AvgIpc) is 3.43. The number of carboxylic acids is 2. The van der Waals surface area contributed by atoms with Crippen LogP contribution in [0.3, 0.4) is 0 Å². The summed E-state index contributed by atoms with van der Waals surface area (Å²) in [7, 11) is 0. The Hall–Kier alpha value is -4.15. The number of alkyl halides is 6.